The molecule has 0 N–H and O–H groups in total. The van der Waals surface area contributed by atoms with Gasteiger partial charge in [-0.05, 0) is 42.3 Å². The van der Waals surface area contributed by atoms with Crippen LogP contribution < -0.4 is 4.74 Å². The summed E-state index contributed by atoms with van der Waals surface area (Å²) in [7, 11) is 0. The molecule has 136 valence electrons. The van der Waals surface area contributed by atoms with Crippen molar-refractivity contribution in [3.05, 3.63) is 129 Å². The zero-order valence-corrected chi connectivity index (χ0v) is 17.1. The van der Waals surface area contributed by atoms with Gasteiger partial charge < -0.3 is 4.74 Å². The molecular formula is C26H19BrO. The fourth-order valence-corrected chi connectivity index (χ4v) is 4.73. The molecule has 0 saturated heterocycles. The van der Waals surface area contributed by atoms with Gasteiger partial charge >= 0.3 is 0 Å². The van der Waals surface area contributed by atoms with Crippen LogP contribution >= 0.6 is 15.9 Å². The zero-order chi connectivity index (χ0) is 19.1. The number of ether oxygens (including phenoxy) is 1. The first-order valence-corrected chi connectivity index (χ1v) is 10.2. The molecule has 28 heavy (non-hydrogen) atoms. The molecule has 4 aromatic rings. The Hall–Kier alpha value is -2.84. The summed E-state index contributed by atoms with van der Waals surface area (Å²) in [6.45, 7) is 2.15. The number of halogens is 1. The Balaban J connectivity index is 1.98. The summed E-state index contributed by atoms with van der Waals surface area (Å²) in [4.78, 5) is 0. The molecule has 0 radical (unpaired) electrons. The lowest BCUT2D eigenvalue weighted by Gasteiger charge is -2.41. The maximum absolute atomic E-state index is 6.34. The second-order valence-corrected chi connectivity index (χ2v) is 8.14. The highest BCUT2D eigenvalue weighted by atomic mass is 79.9. The number of aryl methyl sites for hydroxylation is 1. The van der Waals surface area contributed by atoms with Crippen LogP contribution in [0.15, 0.2) is 102 Å². The van der Waals surface area contributed by atoms with Crippen molar-refractivity contribution in [1.82, 2.24) is 0 Å². The van der Waals surface area contributed by atoms with Crippen LogP contribution in [0.1, 0.15) is 27.8 Å². The Morgan fingerprint density at radius 2 is 1.36 bits per heavy atom. The molecule has 1 unspecified atom stereocenters. The minimum atomic E-state index is -0.443. The summed E-state index contributed by atoms with van der Waals surface area (Å²) < 4.78 is 7.38. The second kappa shape index (κ2) is 6.65. The first-order chi connectivity index (χ1) is 13.7. The van der Waals surface area contributed by atoms with Crippen molar-refractivity contribution in [1.29, 1.82) is 0 Å². The third-order valence-electron chi connectivity index (χ3n) is 5.51. The van der Waals surface area contributed by atoms with Crippen LogP contribution in [0, 0.1) is 6.92 Å². The summed E-state index contributed by atoms with van der Waals surface area (Å²) in [5, 5.41) is 0. The van der Waals surface area contributed by atoms with Crippen LogP contribution in [0.3, 0.4) is 0 Å². The molecule has 0 fully saturated rings. The monoisotopic (exact) mass is 426 g/mol. The maximum Gasteiger partial charge on any atom is 0.132 e. The molecule has 1 nitrogen and oxygen atoms in total. The first kappa shape index (κ1) is 17.3. The standard InChI is InChI=1S/C26H19BrO/c1-18-8-7-11-20(16-18)26(19-9-3-2-4-10-19)22-12-5-6-13-24(22)28-25-15-14-21(27)17-23(25)26/h2-17H,1H3. The second-order valence-electron chi connectivity index (χ2n) is 7.22. The lowest BCUT2D eigenvalue weighted by atomic mass is 9.63. The van der Waals surface area contributed by atoms with Gasteiger partial charge in [-0.2, -0.15) is 0 Å². The van der Waals surface area contributed by atoms with Crippen molar-refractivity contribution < 1.29 is 4.74 Å². The van der Waals surface area contributed by atoms with Crippen molar-refractivity contribution in [2.24, 2.45) is 0 Å². The minimum Gasteiger partial charge on any atom is -0.457 e. The van der Waals surface area contributed by atoms with Crippen LogP contribution in [0.2, 0.25) is 0 Å². The highest BCUT2D eigenvalue weighted by Crippen LogP contribution is 2.55. The quantitative estimate of drug-likeness (QED) is 0.288. The predicted molar refractivity (Wildman–Crippen MR) is 117 cm³/mol. The molecule has 0 amide bonds. The number of hydrogen-bond acceptors (Lipinski definition) is 1. The number of fused-ring (bicyclic) bond motifs is 2. The number of hydrogen-bond donors (Lipinski definition) is 0. The van der Waals surface area contributed by atoms with Crippen LogP contribution in [0.5, 0.6) is 11.5 Å². The molecule has 1 aliphatic rings. The van der Waals surface area contributed by atoms with Crippen molar-refractivity contribution in [2.75, 3.05) is 0 Å². The lowest BCUT2D eigenvalue weighted by Crippen LogP contribution is -2.34. The average Bonchev–Trinajstić information content (AvgIpc) is 2.73. The van der Waals surface area contributed by atoms with E-state index in [1.807, 2.05) is 12.1 Å². The van der Waals surface area contributed by atoms with Crippen LogP contribution in [0.25, 0.3) is 0 Å². The Bertz CT molecular complexity index is 1170. The Morgan fingerprint density at radius 1 is 0.643 bits per heavy atom. The van der Waals surface area contributed by atoms with E-state index in [0.717, 1.165) is 27.1 Å². The first-order valence-electron chi connectivity index (χ1n) is 9.39. The molecule has 0 saturated carbocycles. The summed E-state index contributed by atoms with van der Waals surface area (Å²) in [5.74, 6) is 1.80. The van der Waals surface area contributed by atoms with Crippen LogP contribution in [-0.2, 0) is 5.41 Å². The average molecular weight is 427 g/mol. The molecule has 1 aliphatic heterocycles. The van der Waals surface area contributed by atoms with E-state index in [9.17, 15) is 0 Å². The number of para-hydroxylation sites is 1. The van der Waals surface area contributed by atoms with E-state index in [4.69, 9.17) is 4.74 Å². The Morgan fingerprint density at radius 3 is 2.18 bits per heavy atom. The summed E-state index contributed by atoms with van der Waals surface area (Å²) in [6, 6.07) is 34.2. The SMILES string of the molecule is Cc1cccc(C2(c3ccccc3)c3ccccc3Oc3ccc(Br)cc32)c1. The highest BCUT2D eigenvalue weighted by Gasteiger charge is 2.45. The normalized spacial score (nSPS) is 17.4. The topological polar surface area (TPSA) is 9.23 Å². The number of rotatable bonds is 2. The molecule has 5 rings (SSSR count). The van der Waals surface area contributed by atoms with E-state index < -0.39 is 5.41 Å². The van der Waals surface area contributed by atoms with Gasteiger partial charge in [-0.15, -0.1) is 0 Å². The van der Waals surface area contributed by atoms with Gasteiger partial charge in [0.25, 0.3) is 0 Å². The van der Waals surface area contributed by atoms with E-state index >= 15 is 0 Å². The van der Waals surface area contributed by atoms with E-state index in [0.29, 0.717) is 0 Å². The molecule has 1 atom stereocenters. The van der Waals surface area contributed by atoms with E-state index in [1.54, 1.807) is 0 Å². The van der Waals surface area contributed by atoms with Gasteiger partial charge in [0.05, 0.1) is 5.41 Å². The molecule has 1 heterocycles. The van der Waals surface area contributed by atoms with E-state index in [1.165, 1.54) is 16.7 Å². The van der Waals surface area contributed by atoms with Gasteiger partial charge in [0.15, 0.2) is 0 Å². The van der Waals surface area contributed by atoms with Gasteiger partial charge in [0, 0.05) is 15.6 Å². The molecule has 4 aromatic carbocycles. The third kappa shape index (κ3) is 2.52. The summed E-state index contributed by atoms with van der Waals surface area (Å²) in [6.07, 6.45) is 0. The van der Waals surface area contributed by atoms with Gasteiger partial charge in [-0.25, -0.2) is 0 Å². The van der Waals surface area contributed by atoms with Gasteiger partial charge in [0.2, 0.25) is 0 Å². The molecule has 0 spiro atoms. The molecular weight excluding hydrogens is 408 g/mol. The van der Waals surface area contributed by atoms with Gasteiger partial charge in [0.1, 0.15) is 11.5 Å². The van der Waals surface area contributed by atoms with Crippen LogP contribution in [-0.4, -0.2) is 0 Å². The fourth-order valence-electron chi connectivity index (χ4n) is 4.37. The fraction of sp³-hybridized carbons (Fsp3) is 0.0769. The van der Waals surface area contributed by atoms with Crippen LogP contribution in [0.4, 0.5) is 0 Å². The van der Waals surface area contributed by atoms with E-state index in [2.05, 4.69) is 108 Å². The van der Waals surface area contributed by atoms with E-state index in [-0.39, 0.29) is 0 Å². The lowest BCUT2D eigenvalue weighted by molar-refractivity contribution is 0.434. The van der Waals surface area contributed by atoms with Crippen molar-refractivity contribution in [3.63, 3.8) is 0 Å². The van der Waals surface area contributed by atoms with Gasteiger partial charge in [-0.1, -0.05) is 94.3 Å². The molecule has 2 heteroatoms. The van der Waals surface area contributed by atoms with Crippen molar-refractivity contribution in [3.8, 4) is 11.5 Å². The Kier molecular flexibility index (Phi) is 4.10. The molecule has 0 aromatic heterocycles. The smallest absolute Gasteiger partial charge is 0.132 e. The molecule has 0 aliphatic carbocycles. The Labute approximate surface area is 173 Å². The van der Waals surface area contributed by atoms with Gasteiger partial charge in [-0.3, -0.25) is 0 Å². The minimum absolute atomic E-state index is 0.443. The highest BCUT2D eigenvalue weighted by molar-refractivity contribution is 9.10. The van der Waals surface area contributed by atoms with Crippen molar-refractivity contribution in [2.45, 2.75) is 12.3 Å². The molecule has 0 bridgehead atoms. The third-order valence-corrected chi connectivity index (χ3v) is 6.01. The summed E-state index contributed by atoms with van der Waals surface area (Å²) >= 11 is 3.69. The zero-order valence-electron chi connectivity index (χ0n) is 15.5. The maximum atomic E-state index is 6.34. The number of benzene rings is 4. The summed E-state index contributed by atoms with van der Waals surface area (Å²) in [5.41, 5.74) is 5.59. The predicted octanol–water partition coefficient (Wildman–Crippen LogP) is 7.25. The largest absolute Gasteiger partial charge is 0.457 e. The van der Waals surface area contributed by atoms with Crippen molar-refractivity contribution >= 4 is 15.9 Å².